The van der Waals surface area contributed by atoms with E-state index in [4.69, 9.17) is 4.74 Å². The number of benzene rings is 1. The van der Waals surface area contributed by atoms with Crippen LogP contribution in [0, 0.1) is 5.92 Å². The Morgan fingerprint density at radius 1 is 1.12 bits per heavy atom. The highest BCUT2D eigenvalue weighted by Crippen LogP contribution is 2.25. The van der Waals surface area contributed by atoms with Crippen LogP contribution in [0.3, 0.4) is 0 Å². The first-order valence-corrected chi connectivity index (χ1v) is 13.3. The minimum absolute atomic E-state index is 0.103. The quantitative estimate of drug-likeness (QED) is 0.517. The van der Waals surface area contributed by atoms with Crippen LogP contribution in [-0.2, 0) is 36.6 Å². The number of pyridine rings is 1. The number of esters is 1. The Labute approximate surface area is 201 Å². The van der Waals surface area contributed by atoms with Gasteiger partial charge in [0.1, 0.15) is 6.04 Å². The van der Waals surface area contributed by atoms with Crippen molar-refractivity contribution in [3.63, 3.8) is 0 Å². The van der Waals surface area contributed by atoms with E-state index in [1.54, 1.807) is 42.7 Å². The molecule has 1 aliphatic heterocycles. The SMILES string of the molecule is CC(C)CC(OC(=O)C1CCCCN1S(=O)(=O)Cc1ccccc1)C(=O)NCc1cccnc1. The summed E-state index contributed by atoms with van der Waals surface area (Å²) in [7, 11) is -3.73. The van der Waals surface area contributed by atoms with E-state index in [0.29, 0.717) is 24.8 Å². The summed E-state index contributed by atoms with van der Waals surface area (Å²) >= 11 is 0. The summed E-state index contributed by atoms with van der Waals surface area (Å²) in [6.45, 7) is 4.40. The van der Waals surface area contributed by atoms with Crippen molar-refractivity contribution in [2.24, 2.45) is 5.92 Å². The number of amides is 1. The lowest BCUT2D eigenvalue weighted by molar-refractivity contribution is -0.161. The molecule has 0 aliphatic carbocycles. The summed E-state index contributed by atoms with van der Waals surface area (Å²) in [6, 6.07) is 11.6. The molecule has 1 fully saturated rings. The molecule has 1 aromatic carbocycles. The van der Waals surface area contributed by atoms with E-state index in [-0.39, 0.29) is 24.8 Å². The van der Waals surface area contributed by atoms with Gasteiger partial charge in [0, 0.05) is 25.5 Å². The van der Waals surface area contributed by atoms with Gasteiger partial charge in [0.05, 0.1) is 5.75 Å². The number of aromatic nitrogens is 1. The molecule has 1 N–H and O–H groups in total. The molecule has 2 atom stereocenters. The Morgan fingerprint density at radius 2 is 1.85 bits per heavy atom. The summed E-state index contributed by atoms with van der Waals surface area (Å²) in [5.41, 5.74) is 1.49. The number of hydrogen-bond acceptors (Lipinski definition) is 6. The predicted octanol–water partition coefficient (Wildman–Crippen LogP) is 3.04. The maximum atomic E-state index is 13.2. The molecule has 2 aromatic rings. The van der Waals surface area contributed by atoms with Crippen molar-refractivity contribution in [1.82, 2.24) is 14.6 Å². The van der Waals surface area contributed by atoms with Crippen molar-refractivity contribution in [3.05, 3.63) is 66.0 Å². The van der Waals surface area contributed by atoms with Gasteiger partial charge in [-0.2, -0.15) is 4.31 Å². The lowest BCUT2D eigenvalue weighted by atomic mass is 10.0. The van der Waals surface area contributed by atoms with Crippen LogP contribution in [0.2, 0.25) is 0 Å². The molecular weight excluding hydrogens is 454 g/mol. The van der Waals surface area contributed by atoms with Crippen LogP contribution < -0.4 is 5.32 Å². The van der Waals surface area contributed by atoms with Gasteiger partial charge in [-0.15, -0.1) is 0 Å². The van der Waals surface area contributed by atoms with Crippen LogP contribution in [0.15, 0.2) is 54.9 Å². The lowest BCUT2D eigenvalue weighted by Gasteiger charge is -2.34. The Bertz CT molecular complexity index is 1040. The topological polar surface area (TPSA) is 106 Å². The fraction of sp³-hybridized carbons (Fsp3) is 0.480. The first-order valence-electron chi connectivity index (χ1n) is 11.7. The molecule has 34 heavy (non-hydrogen) atoms. The molecule has 0 spiro atoms. The third-order valence-electron chi connectivity index (χ3n) is 5.70. The van der Waals surface area contributed by atoms with Gasteiger partial charge in [-0.1, -0.05) is 50.2 Å². The molecule has 9 heteroatoms. The molecule has 0 bridgehead atoms. The van der Waals surface area contributed by atoms with Gasteiger partial charge in [-0.25, -0.2) is 8.42 Å². The third-order valence-corrected chi connectivity index (χ3v) is 7.55. The zero-order chi connectivity index (χ0) is 24.6. The van der Waals surface area contributed by atoms with Crippen LogP contribution in [0.1, 0.15) is 50.7 Å². The number of nitrogens with one attached hydrogen (secondary N) is 1. The van der Waals surface area contributed by atoms with E-state index in [1.165, 1.54) is 4.31 Å². The second-order valence-electron chi connectivity index (χ2n) is 9.00. The molecule has 1 amide bonds. The van der Waals surface area contributed by atoms with Gasteiger partial charge >= 0.3 is 5.97 Å². The molecule has 8 nitrogen and oxygen atoms in total. The molecule has 0 radical (unpaired) electrons. The lowest BCUT2D eigenvalue weighted by Crippen LogP contribution is -2.50. The van der Waals surface area contributed by atoms with Gasteiger partial charge in [-0.05, 0) is 48.8 Å². The van der Waals surface area contributed by atoms with Crippen molar-refractivity contribution < 1.29 is 22.7 Å². The van der Waals surface area contributed by atoms with Crippen molar-refractivity contribution in [2.75, 3.05) is 6.54 Å². The summed E-state index contributed by atoms with van der Waals surface area (Å²) in [4.78, 5) is 30.0. The van der Waals surface area contributed by atoms with Gasteiger partial charge in [0.15, 0.2) is 6.10 Å². The summed E-state index contributed by atoms with van der Waals surface area (Å²) in [5, 5.41) is 2.80. The molecule has 1 aliphatic rings. The van der Waals surface area contributed by atoms with Crippen LogP contribution in [0.4, 0.5) is 0 Å². The summed E-state index contributed by atoms with van der Waals surface area (Å²) in [5.74, 6) is -1.15. The molecule has 1 aromatic heterocycles. The molecule has 184 valence electrons. The largest absolute Gasteiger partial charge is 0.451 e. The standard InChI is InChI=1S/C25H33N3O5S/c1-19(2)15-23(24(29)27-17-21-11-8-13-26-16-21)33-25(30)22-12-6-7-14-28(22)34(31,32)18-20-9-4-3-5-10-20/h3-5,8-11,13,16,19,22-23H,6-7,12,14-15,17-18H2,1-2H3,(H,27,29). The van der Waals surface area contributed by atoms with Crippen LogP contribution >= 0.6 is 0 Å². The second kappa shape index (κ2) is 12.1. The van der Waals surface area contributed by atoms with E-state index < -0.39 is 34.0 Å². The molecule has 1 saturated heterocycles. The fourth-order valence-electron chi connectivity index (χ4n) is 4.00. The Morgan fingerprint density at radius 3 is 2.53 bits per heavy atom. The molecule has 3 rings (SSSR count). The van der Waals surface area contributed by atoms with Gasteiger partial charge in [0.25, 0.3) is 5.91 Å². The zero-order valence-corrected chi connectivity index (χ0v) is 20.5. The highest BCUT2D eigenvalue weighted by Gasteiger charge is 2.39. The van der Waals surface area contributed by atoms with Gasteiger partial charge in [-0.3, -0.25) is 14.6 Å². The maximum absolute atomic E-state index is 13.2. The van der Waals surface area contributed by atoms with Crippen LogP contribution in [0.25, 0.3) is 0 Å². The number of piperidine rings is 1. The van der Waals surface area contributed by atoms with Crippen molar-refractivity contribution in [2.45, 2.75) is 64.0 Å². The normalized spacial score (nSPS) is 17.8. The van der Waals surface area contributed by atoms with Gasteiger partial charge in [0.2, 0.25) is 10.0 Å². The van der Waals surface area contributed by atoms with Crippen LogP contribution in [-0.4, -0.2) is 48.3 Å². The van der Waals surface area contributed by atoms with Crippen molar-refractivity contribution in [3.8, 4) is 0 Å². The number of carbonyl (C=O) groups is 2. The Balaban J connectivity index is 1.69. The molecular formula is C25H33N3O5S. The number of ether oxygens (including phenoxy) is 1. The molecule has 2 heterocycles. The average Bonchev–Trinajstić information content (AvgIpc) is 2.83. The first-order chi connectivity index (χ1) is 16.3. The molecule has 0 saturated carbocycles. The monoisotopic (exact) mass is 487 g/mol. The highest BCUT2D eigenvalue weighted by molar-refractivity contribution is 7.88. The third kappa shape index (κ3) is 7.36. The number of sulfonamides is 1. The highest BCUT2D eigenvalue weighted by atomic mass is 32.2. The maximum Gasteiger partial charge on any atom is 0.325 e. The van der Waals surface area contributed by atoms with Crippen molar-refractivity contribution >= 4 is 21.9 Å². The van der Waals surface area contributed by atoms with E-state index >= 15 is 0 Å². The number of rotatable bonds is 10. The summed E-state index contributed by atoms with van der Waals surface area (Å²) < 4.78 is 33.2. The van der Waals surface area contributed by atoms with E-state index in [0.717, 1.165) is 12.0 Å². The Hall–Kier alpha value is -2.78. The minimum Gasteiger partial charge on any atom is -0.451 e. The van der Waals surface area contributed by atoms with Gasteiger partial charge < -0.3 is 10.1 Å². The Kier molecular flexibility index (Phi) is 9.18. The average molecular weight is 488 g/mol. The number of carbonyl (C=O) groups excluding carboxylic acids is 2. The zero-order valence-electron chi connectivity index (χ0n) is 19.7. The predicted molar refractivity (Wildman–Crippen MR) is 129 cm³/mol. The number of hydrogen-bond donors (Lipinski definition) is 1. The first kappa shape index (κ1) is 25.8. The molecule has 2 unspecified atom stereocenters. The minimum atomic E-state index is -3.73. The van der Waals surface area contributed by atoms with E-state index in [9.17, 15) is 18.0 Å². The number of nitrogens with zero attached hydrogens (tertiary/aromatic N) is 2. The van der Waals surface area contributed by atoms with E-state index in [2.05, 4.69) is 10.3 Å². The van der Waals surface area contributed by atoms with Crippen LogP contribution in [0.5, 0.6) is 0 Å². The fourth-order valence-corrected chi connectivity index (χ4v) is 5.77. The smallest absolute Gasteiger partial charge is 0.325 e. The van der Waals surface area contributed by atoms with E-state index in [1.807, 2.05) is 26.0 Å². The summed E-state index contributed by atoms with van der Waals surface area (Å²) in [6.07, 6.45) is 4.42. The van der Waals surface area contributed by atoms with Crippen molar-refractivity contribution in [1.29, 1.82) is 0 Å². The second-order valence-corrected chi connectivity index (χ2v) is 10.9.